The van der Waals surface area contributed by atoms with Gasteiger partial charge in [0.1, 0.15) is 10.9 Å². The van der Waals surface area contributed by atoms with Gasteiger partial charge in [-0.25, -0.2) is 15.0 Å². The van der Waals surface area contributed by atoms with E-state index in [2.05, 4.69) is 36.2 Å². The summed E-state index contributed by atoms with van der Waals surface area (Å²) in [5, 5.41) is 0.518. The van der Waals surface area contributed by atoms with E-state index in [9.17, 15) is 4.79 Å². The summed E-state index contributed by atoms with van der Waals surface area (Å²) in [6.07, 6.45) is 2.37. The van der Waals surface area contributed by atoms with Crippen molar-refractivity contribution in [2.24, 2.45) is 0 Å². The molecule has 0 bridgehead atoms. The standard InChI is InChI=1S/C25H25N5O2/c1-3-32-14-6-13-29-16-26-23-21(25(29)31)22-24(28-20-8-5-4-7-19(20)27-22)30(23)15-18-11-9-17(2)10-12-18/h4-5,7-12,16H,3,6,13-15H2,1-2H3. The van der Waals surface area contributed by atoms with E-state index < -0.39 is 0 Å². The molecule has 7 nitrogen and oxygen atoms in total. The van der Waals surface area contributed by atoms with Crippen LogP contribution in [0.2, 0.25) is 0 Å². The molecule has 0 atom stereocenters. The number of nitrogens with zero attached hydrogens (tertiary/aromatic N) is 5. The first-order chi connectivity index (χ1) is 15.7. The fourth-order valence-electron chi connectivity index (χ4n) is 4.01. The summed E-state index contributed by atoms with van der Waals surface area (Å²) < 4.78 is 9.07. The van der Waals surface area contributed by atoms with Crippen molar-refractivity contribution in [1.29, 1.82) is 0 Å². The molecule has 32 heavy (non-hydrogen) atoms. The van der Waals surface area contributed by atoms with Crippen LogP contribution in [0.25, 0.3) is 33.2 Å². The molecule has 0 radical (unpaired) electrons. The third-order valence-electron chi connectivity index (χ3n) is 5.67. The number of rotatable bonds is 7. The molecule has 7 heteroatoms. The molecular weight excluding hydrogens is 402 g/mol. The lowest BCUT2D eigenvalue weighted by molar-refractivity contribution is 0.141. The number of benzene rings is 2. The molecule has 0 spiro atoms. The fraction of sp³-hybridized carbons (Fsp3) is 0.280. The maximum absolute atomic E-state index is 13.5. The lowest BCUT2D eigenvalue weighted by atomic mass is 10.1. The van der Waals surface area contributed by atoms with Crippen LogP contribution < -0.4 is 5.56 Å². The first kappa shape index (κ1) is 20.3. The van der Waals surface area contributed by atoms with E-state index in [0.717, 1.165) is 23.0 Å². The summed E-state index contributed by atoms with van der Waals surface area (Å²) in [5.74, 6) is 0. The zero-order chi connectivity index (χ0) is 22.1. The van der Waals surface area contributed by atoms with Gasteiger partial charge in [0.25, 0.3) is 5.56 Å². The number of fused-ring (bicyclic) bond motifs is 4. The molecule has 0 aliphatic rings. The van der Waals surface area contributed by atoms with Gasteiger partial charge < -0.3 is 9.30 Å². The van der Waals surface area contributed by atoms with Gasteiger partial charge in [-0.2, -0.15) is 0 Å². The number of aromatic nitrogens is 5. The van der Waals surface area contributed by atoms with Gasteiger partial charge in [0.05, 0.1) is 23.9 Å². The topological polar surface area (TPSA) is 74.8 Å². The highest BCUT2D eigenvalue weighted by Gasteiger charge is 2.20. The second-order valence-electron chi connectivity index (χ2n) is 7.95. The van der Waals surface area contributed by atoms with Gasteiger partial charge in [-0.15, -0.1) is 0 Å². The maximum atomic E-state index is 13.5. The highest BCUT2D eigenvalue weighted by atomic mass is 16.5. The Morgan fingerprint density at radius 2 is 1.72 bits per heavy atom. The molecule has 3 heterocycles. The first-order valence-corrected chi connectivity index (χ1v) is 10.9. The van der Waals surface area contributed by atoms with Crippen LogP contribution in [0.5, 0.6) is 0 Å². The molecule has 0 amide bonds. The number of ether oxygens (including phenoxy) is 1. The largest absolute Gasteiger partial charge is 0.382 e. The number of hydrogen-bond acceptors (Lipinski definition) is 5. The minimum Gasteiger partial charge on any atom is -0.382 e. The Morgan fingerprint density at radius 3 is 2.47 bits per heavy atom. The Balaban J connectivity index is 1.71. The SMILES string of the molecule is CCOCCCn1cnc2c(c1=O)c1nc3ccccc3nc1n2Cc1ccc(C)cc1. The second kappa shape index (κ2) is 8.51. The van der Waals surface area contributed by atoms with E-state index in [1.165, 1.54) is 5.56 Å². The number of para-hydroxylation sites is 2. The molecule has 0 saturated carbocycles. The van der Waals surface area contributed by atoms with Crippen LogP contribution in [0.1, 0.15) is 24.5 Å². The molecule has 0 aliphatic carbocycles. The van der Waals surface area contributed by atoms with E-state index in [1.807, 2.05) is 35.8 Å². The lowest BCUT2D eigenvalue weighted by Crippen LogP contribution is -2.21. The first-order valence-electron chi connectivity index (χ1n) is 10.9. The summed E-state index contributed by atoms with van der Waals surface area (Å²) in [4.78, 5) is 27.9. The van der Waals surface area contributed by atoms with E-state index in [4.69, 9.17) is 14.7 Å². The van der Waals surface area contributed by atoms with Gasteiger partial charge in [-0.1, -0.05) is 42.0 Å². The Morgan fingerprint density at radius 1 is 0.969 bits per heavy atom. The molecular formula is C25H25N5O2. The summed E-state index contributed by atoms with van der Waals surface area (Å²) in [6.45, 7) is 6.42. The number of aryl methyl sites for hydroxylation is 2. The van der Waals surface area contributed by atoms with Crippen molar-refractivity contribution in [2.75, 3.05) is 13.2 Å². The van der Waals surface area contributed by atoms with E-state index in [-0.39, 0.29) is 5.56 Å². The van der Waals surface area contributed by atoms with Gasteiger partial charge in [0, 0.05) is 19.8 Å². The minimum atomic E-state index is -0.0938. The zero-order valence-electron chi connectivity index (χ0n) is 18.3. The average molecular weight is 428 g/mol. The predicted molar refractivity (Wildman–Crippen MR) is 126 cm³/mol. The highest BCUT2D eigenvalue weighted by molar-refractivity contribution is 6.04. The van der Waals surface area contributed by atoms with Crippen LogP contribution in [0.15, 0.2) is 59.7 Å². The van der Waals surface area contributed by atoms with Gasteiger partial charge in [-0.05, 0) is 38.0 Å². The molecule has 5 rings (SSSR count). The van der Waals surface area contributed by atoms with Crippen molar-refractivity contribution in [1.82, 2.24) is 24.1 Å². The van der Waals surface area contributed by atoms with Gasteiger partial charge in [-0.3, -0.25) is 9.36 Å². The second-order valence-corrected chi connectivity index (χ2v) is 7.95. The van der Waals surface area contributed by atoms with Crippen LogP contribution in [0.4, 0.5) is 0 Å². The fourth-order valence-corrected chi connectivity index (χ4v) is 4.01. The van der Waals surface area contributed by atoms with Crippen molar-refractivity contribution < 1.29 is 4.74 Å². The Kier molecular flexibility index (Phi) is 5.41. The van der Waals surface area contributed by atoms with Gasteiger partial charge in [0.15, 0.2) is 11.3 Å². The molecule has 0 aliphatic heterocycles. The summed E-state index contributed by atoms with van der Waals surface area (Å²) in [6, 6.07) is 16.1. The van der Waals surface area contributed by atoms with E-state index >= 15 is 0 Å². The lowest BCUT2D eigenvalue weighted by Gasteiger charge is -2.08. The molecule has 162 valence electrons. The summed E-state index contributed by atoms with van der Waals surface area (Å²) in [5.41, 5.74) is 5.68. The number of hydrogen-bond donors (Lipinski definition) is 0. The monoisotopic (exact) mass is 427 g/mol. The third-order valence-corrected chi connectivity index (χ3v) is 5.67. The Labute approximate surface area is 185 Å². The Bertz CT molecular complexity index is 1470. The van der Waals surface area contributed by atoms with Gasteiger partial charge >= 0.3 is 0 Å². The van der Waals surface area contributed by atoms with E-state index in [1.54, 1.807) is 10.9 Å². The molecule has 0 N–H and O–H groups in total. The summed E-state index contributed by atoms with van der Waals surface area (Å²) in [7, 11) is 0. The summed E-state index contributed by atoms with van der Waals surface area (Å²) >= 11 is 0. The van der Waals surface area contributed by atoms with Crippen molar-refractivity contribution in [3.05, 3.63) is 76.3 Å². The van der Waals surface area contributed by atoms with Crippen LogP contribution in [0.3, 0.4) is 0 Å². The van der Waals surface area contributed by atoms with E-state index in [0.29, 0.717) is 48.5 Å². The van der Waals surface area contributed by atoms with Crippen molar-refractivity contribution in [3.63, 3.8) is 0 Å². The van der Waals surface area contributed by atoms with Crippen LogP contribution in [-0.4, -0.2) is 37.3 Å². The molecule has 2 aromatic carbocycles. The third kappa shape index (κ3) is 3.65. The van der Waals surface area contributed by atoms with Crippen LogP contribution >= 0.6 is 0 Å². The average Bonchev–Trinajstić information content (AvgIpc) is 3.11. The van der Waals surface area contributed by atoms with Crippen LogP contribution in [0, 0.1) is 6.92 Å². The smallest absolute Gasteiger partial charge is 0.265 e. The minimum absolute atomic E-state index is 0.0938. The van der Waals surface area contributed by atoms with Crippen molar-refractivity contribution in [2.45, 2.75) is 33.4 Å². The highest BCUT2D eigenvalue weighted by Crippen LogP contribution is 2.26. The van der Waals surface area contributed by atoms with Crippen LogP contribution in [-0.2, 0) is 17.8 Å². The quantitative estimate of drug-likeness (QED) is 0.366. The molecule has 0 unspecified atom stereocenters. The predicted octanol–water partition coefficient (Wildman–Crippen LogP) is 4.08. The Hall–Kier alpha value is -3.58. The molecule has 0 fully saturated rings. The zero-order valence-corrected chi connectivity index (χ0v) is 18.3. The maximum Gasteiger partial charge on any atom is 0.265 e. The molecule has 5 aromatic rings. The molecule has 0 saturated heterocycles. The molecule has 3 aromatic heterocycles. The normalized spacial score (nSPS) is 11.7. The van der Waals surface area contributed by atoms with Crippen molar-refractivity contribution >= 4 is 33.2 Å². The van der Waals surface area contributed by atoms with Crippen molar-refractivity contribution in [3.8, 4) is 0 Å². The van der Waals surface area contributed by atoms with Gasteiger partial charge in [0.2, 0.25) is 0 Å².